The molecule has 1 aliphatic carbocycles. The fraction of sp³-hybridized carbons (Fsp3) is 0.224. The van der Waals surface area contributed by atoms with Crippen molar-refractivity contribution in [2.24, 2.45) is 0 Å². The molecule has 0 unspecified atom stereocenters. The molecule has 10 aromatic carbocycles. The standard InChI is InChI=1S/2C8H10.4C7H8.C7H7.4C6H6.2C3H8.2C2H6/c1-7-3-5-8(2)6-4-7;1-2-8-6-4-3-5-7-8;5*1-7-5-3-2-4-6-7;4*1-2-4-6-5-3-1;2*1-3-2;2*1-2/h3-6H,1-2H3;3-7H,2H2,1H3;4*2-6H,1H3;2-5H,1H3;4*1-6H;2*3H2,1-2H3;2*1-2H3/q;;;;;;+1;;;;;;;;. The number of hydrogen-bond donors (Lipinski definition) is 0. The van der Waals surface area contributed by atoms with Gasteiger partial charge in [-0.15, -0.1) is 0 Å². The molecule has 85 heavy (non-hydrogen) atoms. The largest absolute Gasteiger partial charge is 0.112 e. The first kappa shape index (κ1) is 82.8. The van der Waals surface area contributed by atoms with Crippen molar-refractivity contribution in [3.05, 3.63) is 396 Å². The zero-order valence-electron chi connectivity index (χ0n) is 55.5. The Hall–Kier alpha value is -8.67. The molecular weight excluding hydrogens is 1020 g/mol. The Morgan fingerprint density at radius 2 is 0.388 bits per heavy atom. The van der Waals surface area contributed by atoms with Crippen molar-refractivity contribution in [1.82, 2.24) is 0 Å². The molecule has 0 saturated carbocycles. The summed E-state index contributed by atoms with van der Waals surface area (Å²) in [4.78, 5) is 0. The first-order valence-electron chi connectivity index (χ1n) is 30.6. The van der Waals surface area contributed by atoms with Crippen LogP contribution in [0, 0.1) is 47.6 Å². The van der Waals surface area contributed by atoms with Crippen molar-refractivity contribution in [2.45, 2.75) is 130 Å². The Kier molecular flexibility index (Phi) is 69.6. The summed E-state index contributed by atoms with van der Waals surface area (Å²) in [6.07, 6.45) is 14.6. The zero-order chi connectivity index (χ0) is 63.8. The molecule has 0 heterocycles. The van der Waals surface area contributed by atoms with E-state index in [0.717, 1.165) is 6.42 Å². The van der Waals surface area contributed by atoms with Crippen LogP contribution >= 0.6 is 0 Å². The maximum absolute atomic E-state index is 3.03. The van der Waals surface area contributed by atoms with E-state index in [9.17, 15) is 0 Å². The van der Waals surface area contributed by atoms with Gasteiger partial charge in [0.1, 0.15) is 11.6 Å². The average molecular weight is 1130 g/mol. The van der Waals surface area contributed by atoms with Gasteiger partial charge in [-0.05, 0) is 60.5 Å². The summed E-state index contributed by atoms with van der Waals surface area (Å²) < 4.78 is 0. The number of aryl methyl sites for hydroxylation is 7. The summed E-state index contributed by atoms with van der Waals surface area (Å²) in [6, 6.07) is 108. The predicted octanol–water partition coefficient (Wildman–Crippen LogP) is 26.0. The Morgan fingerprint density at radius 3 is 0.494 bits per heavy atom. The lowest BCUT2D eigenvalue weighted by atomic mass is 10.2. The summed E-state index contributed by atoms with van der Waals surface area (Å²) in [5.41, 5.74) is 10.6. The van der Waals surface area contributed by atoms with Gasteiger partial charge in [0.15, 0.2) is 0 Å². The van der Waals surface area contributed by atoms with Crippen LogP contribution in [-0.4, -0.2) is 0 Å². The Balaban J connectivity index is -0.000000418. The number of benzene rings is 10. The molecule has 0 amide bonds. The van der Waals surface area contributed by atoms with E-state index in [-0.39, 0.29) is 0 Å². The van der Waals surface area contributed by atoms with Crippen LogP contribution in [0.25, 0.3) is 0 Å². The molecule has 0 nitrogen and oxygen atoms in total. The minimum absolute atomic E-state index is 1.14. The number of allylic oxidation sites excluding steroid dienone is 6. The van der Waals surface area contributed by atoms with E-state index in [1.165, 1.54) is 57.4 Å². The third kappa shape index (κ3) is 71.4. The van der Waals surface area contributed by atoms with Crippen LogP contribution in [-0.2, 0) is 6.42 Å². The summed E-state index contributed by atoms with van der Waals surface area (Å²) >= 11 is 0. The van der Waals surface area contributed by atoms with Crippen molar-refractivity contribution >= 4 is 0 Å². The van der Waals surface area contributed by atoms with Gasteiger partial charge >= 0.3 is 0 Å². The molecule has 0 spiro atoms. The van der Waals surface area contributed by atoms with E-state index in [2.05, 4.69) is 179 Å². The SMILES string of the molecule is CC.CC.CC1=CC=CC=[C+]1.CCC.CCC.CCc1ccccc1.Cc1ccc(C)cc1.Cc1ccccc1.Cc1ccccc1.Cc1ccccc1.Cc1ccccc1.c1ccccc1.c1ccccc1.c1ccccc1.c1ccccc1. The van der Waals surface area contributed by atoms with E-state index >= 15 is 0 Å². The molecule has 0 heteroatoms. The maximum Gasteiger partial charge on any atom is 0.112 e. The molecule has 0 aliphatic heterocycles. The second kappa shape index (κ2) is 71.4. The van der Waals surface area contributed by atoms with Gasteiger partial charge in [0.25, 0.3) is 0 Å². The van der Waals surface area contributed by atoms with E-state index in [1.807, 2.05) is 283 Å². The van der Waals surface area contributed by atoms with Crippen molar-refractivity contribution in [1.29, 1.82) is 0 Å². The normalized spacial score (nSPS) is 8.73. The van der Waals surface area contributed by atoms with Gasteiger partial charge in [-0.3, -0.25) is 0 Å². The number of hydrogen-bond acceptors (Lipinski definition) is 0. The maximum atomic E-state index is 3.03. The molecule has 0 aromatic heterocycles. The fourth-order valence-corrected chi connectivity index (χ4v) is 5.51. The Labute approximate surface area is 523 Å². The van der Waals surface area contributed by atoms with Gasteiger partial charge < -0.3 is 0 Å². The molecule has 10 aromatic rings. The quantitative estimate of drug-likeness (QED) is 0.144. The van der Waals surface area contributed by atoms with E-state index in [0.29, 0.717) is 0 Å². The zero-order valence-corrected chi connectivity index (χ0v) is 55.5. The van der Waals surface area contributed by atoms with Crippen LogP contribution in [0.3, 0.4) is 0 Å². The van der Waals surface area contributed by atoms with Gasteiger partial charge in [-0.2, -0.15) is 0 Å². The van der Waals surface area contributed by atoms with Gasteiger partial charge in [0.05, 0.1) is 6.08 Å². The molecule has 0 radical (unpaired) electrons. The first-order chi connectivity index (χ1) is 41.5. The second-order valence-electron chi connectivity index (χ2n) is 18.2. The first-order valence-corrected chi connectivity index (χ1v) is 30.6. The second-order valence-corrected chi connectivity index (χ2v) is 18.2. The average Bonchev–Trinajstić information content (AvgIpc) is 3.57. The highest BCUT2D eigenvalue weighted by Crippen LogP contribution is 2.01. The Morgan fingerprint density at radius 1 is 0.224 bits per heavy atom. The highest BCUT2D eigenvalue weighted by molar-refractivity contribution is 5.26. The minimum atomic E-state index is 1.14. The highest BCUT2D eigenvalue weighted by atomic mass is 13.9. The smallest absolute Gasteiger partial charge is 0.0683 e. The third-order valence-corrected chi connectivity index (χ3v) is 9.76. The fourth-order valence-electron chi connectivity index (χ4n) is 5.51. The lowest BCUT2D eigenvalue weighted by Crippen LogP contribution is -1.73. The summed E-state index contributed by atoms with van der Waals surface area (Å²) in [6.45, 7) is 33.2. The summed E-state index contributed by atoms with van der Waals surface area (Å²) in [5.74, 6) is 0. The van der Waals surface area contributed by atoms with Gasteiger partial charge in [-0.1, -0.05) is 430 Å². The van der Waals surface area contributed by atoms with Crippen molar-refractivity contribution < 1.29 is 0 Å². The lowest BCUT2D eigenvalue weighted by Gasteiger charge is -1.90. The topological polar surface area (TPSA) is 0 Å². The van der Waals surface area contributed by atoms with Crippen LogP contribution in [0.15, 0.2) is 351 Å². The van der Waals surface area contributed by atoms with E-state index in [4.69, 9.17) is 0 Å². The molecule has 0 saturated heterocycles. The van der Waals surface area contributed by atoms with Gasteiger partial charge in [-0.25, -0.2) is 0 Å². The van der Waals surface area contributed by atoms with Crippen LogP contribution in [0.5, 0.6) is 0 Å². The molecule has 1 aliphatic rings. The molecular formula is C85H111+. The summed E-state index contributed by atoms with van der Waals surface area (Å²) in [7, 11) is 0. The number of rotatable bonds is 1. The highest BCUT2D eigenvalue weighted by Gasteiger charge is 1.91. The van der Waals surface area contributed by atoms with Crippen molar-refractivity contribution in [3.8, 4) is 0 Å². The van der Waals surface area contributed by atoms with Gasteiger partial charge in [0.2, 0.25) is 0 Å². The predicted molar refractivity (Wildman–Crippen MR) is 388 cm³/mol. The third-order valence-electron chi connectivity index (χ3n) is 9.76. The van der Waals surface area contributed by atoms with E-state index < -0.39 is 0 Å². The molecule has 0 N–H and O–H groups in total. The molecule has 0 atom stereocenters. The van der Waals surface area contributed by atoms with Crippen LogP contribution in [0.2, 0.25) is 0 Å². The van der Waals surface area contributed by atoms with Crippen LogP contribution in [0.1, 0.15) is 121 Å². The van der Waals surface area contributed by atoms with Gasteiger partial charge in [0, 0.05) is 18.2 Å². The summed E-state index contributed by atoms with van der Waals surface area (Å²) in [5, 5.41) is 0. The minimum Gasteiger partial charge on any atom is -0.0683 e. The molecule has 11 rings (SSSR count). The van der Waals surface area contributed by atoms with Crippen LogP contribution in [0.4, 0.5) is 0 Å². The lowest BCUT2D eigenvalue weighted by molar-refractivity contribution is 1.09. The molecule has 0 bridgehead atoms. The molecule has 450 valence electrons. The monoisotopic (exact) mass is 1130 g/mol. The molecule has 0 fully saturated rings. The van der Waals surface area contributed by atoms with Crippen LogP contribution < -0.4 is 0 Å². The van der Waals surface area contributed by atoms with Crippen molar-refractivity contribution in [3.63, 3.8) is 0 Å². The Bertz CT molecular complexity index is 2350. The van der Waals surface area contributed by atoms with E-state index in [1.54, 1.807) is 0 Å². The van der Waals surface area contributed by atoms with Crippen molar-refractivity contribution in [2.75, 3.05) is 0 Å².